The Morgan fingerprint density at radius 3 is 0.612 bits per heavy atom. The van der Waals surface area contributed by atoms with Crippen molar-refractivity contribution in [2.75, 3.05) is 26.4 Å². The van der Waals surface area contributed by atoms with Gasteiger partial charge in [0.1, 0.15) is 64.1 Å². The van der Waals surface area contributed by atoms with E-state index in [4.69, 9.17) is 38.5 Å². The Morgan fingerprint density at radius 2 is 0.471 bits per heavy atom. The van der Waals surface area contributed by atoms with Crippen LogP contribution in [0.1, 0.15) is 96.8 Å². The summed E-state index contributed by atoms with van der Waals surface area (Å²) in [5.41, 5.74) is 5.59. The number of hydrogen-bond acceptors (Lipinski definition) is 20. The van der Waals surface area contributed by atoms with Gasteiger partial charge in [0.25, 0.3) is 0 Å². The quantitative estimate of drug-likeness (QED) is 0.0168. The van der Waals surface area contributed by atoms with Crippen LogP contribution in [-0.2, 0) is 58.0 Å². The van der Waals surface area contributed by atoms with Crippen molar-refractivity contribution in [1.29, 1.82) is 0 Å². The van der Waals surface area contributed by atoms with E-state index in [0.717, 1.165) is 69.1 Å². The molecule has 0 bridgehead atoms. The summed E-state index contributed by atoms with van der Waals surface area (Å²) >= 11 is 0. The van der Waals surface area contributed by atoms with Crippen molar-refractivity contribution in [3.05, 3.63) is 168 Å². The molecule has 20 nitrogen and oxygen atoms in total. The summed E-state index contributed by atoms with van der Waals surface area (Å²) < 4.78 is 20.9. The van der Waals surface area contributed by atoms with Crippen LogP contribution in [0, 0.1) is 5.41 Å². The highest BCUT2D eigenvalue weighted by atomic mass is 28.3. The van der Waals surface area contributed by atoms with E-state index in [1.54, 1.807) is 48.5 Å². The van der Waals surface area contributed by atoms with Gasteiger partial charge in [-0.1, -0.05) is 196 Å². The van der Waals surface area contributed by atoms with Gasteiger partial charge in [0, 0.05) is 0 Å². The van der Waals surface area contributed by atoms with Crippen LogP contribution < -0.4 is 20.7 Å². The number of ether oxygens (including phenoxy) is 4. The molecule has 85 heavy (non-hydrogen) atoms. The first-order chi connectivity index (χ1) is 40.7. The number of rotatable bonds is 28. The van der Waals surface area contributed by atoms with E-state index in [2.05, 4.69) is 101 Å². The molecular formula is C61H76O20Si4. The predicted molar refractivity (Wildman–Crippen MR) is 326 cm³/mol. The molecule has 0 aliphatic heterocycles. The summed E-state index contributed by atoms with van der Waals surface area (Å²) in [7, 11) is -8.18. The lowest BCUT2D eigenvalue weighted by Gasteiger charge is -2.30. The Kier molecular flexibility index (Phi) is 26.6. The minimum atomic E-state index is -2.28. The molecule has 0 N–H and O–H groups in total. The molecule has 0 spiro atoms. The van der Waals surface area contributed by atoms with Crippen LogP contribution in [0.2, 0.25) is 48.4 Å². The molecule has 4 aromatic carbocycles. The normalized spacial score (nSPS) is 11.5. The summed E-state index contributed by atoms with van der Waals surface area (Å²) in [5, 5.41) is 4.05. The highest BCUT2D eigenvalue weighted by molar-refractivity contribution is 6.97. The predicted octanol–water partition coefficient (Wildman–Crippen LogP) is 11.4. The fourth-order valence-corrected chi connectivity index (χ4v) is 21.5. The second-order valence-electron chi connectivity index (χ2n) is 20.1. The van der Waals surface area contributed by atoms with Crippen molar-refractivity contribution in [2.24, 2.45) is 5.41 Å². The maximum Gasteiger partial charge on any atom is 0.549 e. The summed E-state index contributed by atoms with van der Waals surface area (Å²) in [4.78, 5) is 142. The van der Waals surface area contributed by atoms with Gasteiger partial charge < -0.3 is 18.9 Å². The molecule has 456 valence electrons. The van der Waals surface area contributed by atoms with E-state index in [1.165, 1.54) is 48.5 Å². The zero-order valence-electron chi connectivity index (χ0n) is 49.5. The van der Waals surface area contributed by atoms with E-state index in [9.17, 15) is 38.4 Å². The Bertz CT molecular complexity index is 2560. The molecule has 0 unspecified atom stereocenters. The molecule has 4 aromatic rings. The molecule has 0 aliphatic carbocycles. The van der Waals surface area contributed by atoms with Crippen molar-refractivity contribution < 1.29 is 96.4 Å². The van der Waals surface area contributed by atoms with Gasteiger partial charge in [0.05, 0.1) is 22.3 Å². The fraction of sp³-hybridized carbons (Fsp3) is 0.344. The molecule has 24 heteroatoms. The highest BCUT2D eigenvalue weighted by Crippen LogP contribution is 2.25. The maximum atomic E-state index is 13.2. The molecule has 0 saturated heterocycles. The molecular weight excluding hydrogens is 1160 g/mol. The van der Waals surface area contributed by atoms with Gasteiger partial charge in [0.15, 0.2) is 0 Å². The first-order valence-electron chi connectivity index (χ1n) is 27.9. The molecule has 4 rings (SSSR count). The molecule has 0 atom stereocenters. The van der Waals surface area contributed by atoms with Crippen LogP contribution in [0.3, 0.4) is 0 Å². The maximum absolute atomic E-state index is 13.2. The Balaban J connectivity index is 1.59. The standard InChI is InChI=1S/C61H76O20Si4/c1-13-82(14-2,15-3)49-33-25-45(26-34-49)53(62)74-78-57(66)70-41-61(42-71-58(67)79-75-54(63)46-27-35-50(36-28-46)83(16-4,17-5)18-6,43-72-59(68)80-76-55(64)47-29-37-51(38-30-47)84(19-7,20-8)21-9)44-73-60(69)81-77-56(65)48-31-39-52(40-32-48)85(22-10,23-11)24-12/h13,16,19,22,25-40H,1,4,7,10,14-15,17-18,20-21,23-24,41-44H2,2-3,5-6,8-9,11-12H3. The SMILES string of the molecule is C=C[Si](CC)(CC)c1ccc(C(=O)OOC(=O)OCC(COC(=O)OOC(=O)c2ccc([Si](C=C)(CC)CC)cc2)(COC(=O)OOC(=O)c2ccc([Si](C=C)(CC)CC)cc2)COC(=O)OOC(=O)c2ccc([Si](C=C)(CC)CC)cc2)cc1. The zero-order valence-corrected chi connectivity index (χ0v) is 53.5. The van der Waals surface area contributed by atoms with Crippen LogP contribution in [0.4, 0.5) is 19.2 Å². The molecule has 0 saturated carbocycles. The third kappa shape index (κ3) is 17.9. The van der Waals surface area contributed by atoms with Gasteiger partial charge in [-0.05, 0) is 48.5 Å². The number of carbonyl (C=O) groups is 8. The number of hydrogen-bond donors (Lipinski definition) is 0. The summed E-state index contributed by atoms with van der Waals surface area (Å²) in [6.07, 6.45) is -6.78. The van der Waals surface area contributed by atoms with E-state index in [1.807, 2.05) is 22.8 Å². The minimum absolute atomic E-state index is 0.00191. The van der Waals surface area contributed by atoms with Gasteiger partial charge in [-0.25, -0.2) is 58.3 Å². The largest absolute Gasteiger partial charge is 0.549 e. The van der Waals surface area contributed by atoms with Crippen molar-refractivity contribution in [2.45, 2.75) is 104 Å². The van der Waals surface area contributed by atoms with Gasteiger partial charge in [-0.2, -0.15) is 19.2 Å². The second kappa shape index (κ2) is 32.7. The molecule has 0 heterocycles. The monoisotopic (exact) mass is 1240 g/mol. The van der Waals surface area contributed by atoms with Gasteiger partial charge in [0.2, 0.25) is 0 Å². The molecule has 0 fully saturated rings. The van der Waals surface area contributed by atoms with Crippen LogP contribution in [-0.4, -0.2) is 107 Å². The van der Waals surface area contributed by atoms with Gasteiger partial charge in [-0.3, -0.25) is 0 Å². The summed E-state index contributed by atoms with van der Waals surface area (Å²) in [6, 6.07) is 33.0. The number of benzene rings is 4. The van der Waals surface area contributed by atoms with Crippen LogP contribution in [0.5, 0.6) is 0 Å². The van der Waals surface area contributed by atoms with Crippen LogP contribution in [0.25, 0.3) is 0 Å². The average molecular weight is 1240 g/mol. The van der Waals surface area contributed by atoms with Crippen molar-refractivity contribution in [3.8, 4) is 0 Å². The minimum Gasteiger partial charge on any atom is -0.431 e. The average Bonchev–Trinajstić information content (AvgIpc) is 3.61. The van der Waals surface area contributed by atoms with Gasteiger partial charge in [-0.15, -0.1) is 26.3 Å². The van der Waals surface area contributed by atoms with Crippen molar-refractivity contribution >= 4 is 102 Å². The summed E-state index contributed by atoms with van der Waals surface area (Å²) in [6.45, 7) is 28.1. The van der Waals surface area contributed by atoms with Crippen LogP contribution in [0.15, 0.2) is 146 Å². The first kappa shape index (κ1) is 69.2. The van der Waals surface area contributed by atoms with Gasteiger partial charge >= 0.3 is 48.5 Å². The molecule has 0 amide bonds. The third-order valence-electron chi connectivity index (χ3n) is 16.1. The van der Waals surface area contributed by atoms with E-state index < -0.39 is 113 Å². The highest BCUT2D eigenvalue weighted by Gasteiger charge is 2.41. The first-order valence-corrected chi connectivity index (χ1v) is 37.8. The van der Waals surface area contributed by atoms with E-state index in [-0.39, 0.29) is 22.3 Å². The Hall–Kier alpha value is -8.33. The molecule has 0 aliphatic rings. The Labute approximate surface area is 499 Å². The van der Waals surface area contributed by atoms with Crippen LogP contribution >= 0.6 is 0 Å². The third-order valence-corrected chi connectivity index (χ3v) is 35.3. The lowest BCUT2D eigenvalue weighted by molar-refractivity contribution is -0.223. The van der Waals surface area contributed by atoms with Crippen molar-refractivity contribution in [3.63, 3.8) is 0 Å². The van der Waals surface area contributed by atoms with E-state index in [0.29, 0.717) is 0 Å². The smallest absolute Gasteiger partial charge is 0.431 e. The zero-order chi connectivity index (χ0) is 62.9. The lowest BCUT2D eigenvalue weighted by Crippen LogP contribution is -2.44. The summed E-state index contributed by atoms with van der Waals surface area (Å²) in [5.74, 6) is -4.41. The lowest BCUT2D eigenvalue weighted by atomic mass is 9.92. The van der Waals surface area contributed by atoms with Crippen molar-refractivity contribution in [1.82, 2.24) is 0 Å². The van der Waals surface area contributed by atoms with E-state index >= 15 is 0 Å². The topological polar surface area (TPSA) is 247 Å². The number of carbonyl (C=O) groups excluding carboxylic acids is 8. The second-order valence-corrected chi connectivity index (χ2v) is 38.9. The molecule has 0 aromatic heterocycles. The fourth-order valence-electron chi connectivity index (χ4n) is 9.69. The Morgan fingerprint density at radius 1 is 0.306 bits per heavy atom. The molecule has 0 radical (unpaired) electrons.